The quantitative estimate of drug-likeness (QED) is 0.714. The largest absolute Gasteiger partial charge is 0.368 e. The molecule has 1 amide bonds. The highest BCUT2D eigenvalue weighted by Crippen LogP contribution is 2.26. The lowest BCUT2D eigenvalue weighted by Gasteiger charge is -2.36. The summed E-state index contributed by atoms with van der Waals surface area (Å²) in [5.41, 5.74) is 9.24. The van der Waals surface area contributed by atoms with Gasteiger partial charge in [-0.1, -0.05) is 12.1 Å². The molecule has 2 aromatic heterocycles. The maximum atomic E-state index is 13.2. The van der Waals surface area contributed by atoms with Gasteiger partial charge in [-0.25, -0.2) is 19.9 Å². The highest BCUT2D eigenvalue weighted by molar-refractivity contribution is 5.95. The molecule has 3 aromatic rings. The van der Waals surface area contributed by atoms with Crippen LogP contribution in [0.15, 0.2) is 30.6 Å². The number of aryl methyl sites for hydroxylation is 1. The van der Waals surface area contributed by atoms with Crippen molar-refractivity contribution in [1.29, 1.82) is 0 Å². The maximum absolute atomic E-state index is 13.2. The number of benzene rings is 1. The Morgan fingerprint density at radius 3 is 2.62 bits per heavy atom. The number of amides is 1. The average molecular weight is 389 g/mol. The molecule has 3 heterocycles. The molecule has 0 atom stereocenters. The molecule has 1 aliphatic carbocycles. The molecule has 2 aliphatic rings. The molecular weight excluding hydrogens is 366 g/mol. The lowest BCUT2D eigenvalue weighted by molar-refractivity contribution is 0.0739. The third-order valence-corrected chi connectivity index (χ3v) is 5.79. The fraction of sp³-hybridized carbons (Fsp3) is 0.381. The Morgan fingerprint density at radius 2 is 1.76 bits per heavy atom. The van der Waals surface area contributed by atoms with E-state index >= 15 is 0 Å². The molecule has 0 unspecified atom stereocenters. The summed E-state index contributed by atoms with van der Waals surface area (Å²) in [6.07, 6.45) is 5.48. The van der Waals surface area contributed by atoms with Crippen molar-refractivity contribution < 1.29 is 4.79 Å². The van der Waals surface area contributed by atoms with Crippen LogP contribution in [0.25, 0.3) is 10.9 Å². The first kappa shape index (κ1) is 17.8. The molecule has 1 saturated heterocycles. The van der Waals surface area contributed by atoms with Crippen LogP contribution in [-0.2, 0) is 12.8 Å². The van der Waals surface area contributed by atoms with E-state index < -0.39 is 0 Å². The van der Waals surface area contributed by atoms with Crippen molar-refractivity contribution in [3.8, 4) is 0 Å². The van der Waals surface area contributed by atoms with E-state index in [1.54, 1.807) is 6.33 Å². The summed E-state index contributed by atoms with van der Waals surface area (Å²) in [5.74, 6) is 1.08. The van der Waals surface area contributed by atoms with E-state index in [0.717, 1.165) is 66.8 Å². The molecular formula is C21H23N7O. The second-order valence-corrected chi connectivity index (χ2v) is 7.56. The Labute approximate surface area is 168 Å². The first-order valence-electron chi connectivity index (χ1n) is 10.1. The Kier molecular flexibility index (Phi) is 4.46. The Morgan fingerprint density at radius 1 is 0.966 bits per heavy atom. The number of piperazine rings is 1. The number of hydrogen-bond donors (Lipinski definition) is 1. The van der Waals surface area contributed by atoms with E-state index in [4.69, 9.17) is 5.73 Å². The number of fused-ring (bicyclic) bond motifs is 2. The Hall–Kier alpha value is -3.29. The van der Waals surface area contributed by atoms with E-state index in [1.807, 2.05) is 29.2 Å². The smallest absolute Gasteiger partial charge is 0.273 e. The van der Waals surface area contributed by atoms with Gasteiger partial charge in [0.25, 0.3) is 5.91 Å². The van der Waals surface area contributed by atoms with Gasteiger partial charge in [0, 0.05) is 42.8 Å². The number of carbonyl (C=O) groups is 1. The number of hydrogen-bond acceptors (Lipinski definition) is 7. The van der Waals surface area contributed by atoms with Gasteiger partial charge in [-0.3, -0.25) is 4.79 Å². The normalized spacial score (nSPS) is 16.7. The minimum absolute atomic E-state index is 0.0376. The Balaban J connectivity index is 1.36. The van der Waals surface area contributed by atoms with Crippen molar-refractivity contribution in [1.82, 2.24) is 24.8 Å². The predicted octanol–water partition coefficient (Wildman–Crippen LogP) is 1.84. The van der Waals surface area contributed by atoms with Gasteiger partial charge < -0.3 is 15.5 Å². The van der Waals surface area contributed by atoms with Gasteiger partial charge in [0.2, 0.25) is 5.95 Å². The van der Waals surface area contributed by atoms with E-state index in [9.17, 15) is 4.79 Å². The van der Waals surface area contributed by atoms with Gasteiger partial charge in [-0.2, -0.15) is 0 Å². The SMILES string of the molecule is Nc1nc2c(c(C(=O)N3CCN(c4ncnc5ccccc45)CC3)n1)CCCC2. The van der Waals surface area contributed by atoms with Gasteiger partial charge in [0.15, 0.2) is 0 Å². The standard InChI is InChI=1S/C21H23N7O/c22-21-25-17-8-4-1-5-14(17)18(26-21)20(29)28-11-9-27(10-12-28)19-15-6-2-3-7-16(15)23-13-24-19/h2-3,6-7,13H,1,4-5,8-12H2,(H2,22,25,26). The van der Waals surface area contributed by atoms with Crippen LogP contribution in [0.5, 0.6) is 0 Å². The summed E-state index contributed by atoms with van der Waals surface area (Å²) in [5, 5.41) is 1.03. The zero-order chi connectivity index (χ0) is 19.8. The molecule has 8 nitrogen and oxygen atoms in total. The summed E-state index contributed by atoms with van der Waals surface area (Å²) in [4.78, 5) is 34.8. The lowest BCUT2D eigenvalue weighted by Crippen LogP contribution is -2.49. The summed E-state index contributed by atoms with van der Waals surface area (Å²) >= 11 is 0. The molecule has 8 heteroatoms. The van der Waals surface area contributed by atoms with Crippen LogP contribution in [0.3, 0.4) is 0 Å². The highest BCUT2D eigenvalue weighted by atomic mass is 16.2. The molecule has 0 spiro atoms. The minimum Gasteiger partial charge on any atom is -0.368 e. The van der Waals surface area contributed by atoms with Crippen LogP contribution in [0.2, 0.25) is 0 Å². The number of carbonyl (C=O) groups excluding carboxylic acids is 1. The molecule has 148 valence electrons. The molecule has 0 bridgehead atoms. The van der Waals surface area contributed by atoms with Crippen LogP contribution < -0.4 is 10.6 Å². The van der Waals surface area contributed by atoms with Crippen molar-refractivity contribution >= 4 is 28.6 Å². The summed E-state index contributed by atoms with van der Waals surface area (Å²) in [6, 6.07) is 8.00. The Bertz CT molecular complexity index is 1070. The van der Waals surface area contributed by atoms with Gasteiger partial charge in [0.05, 0.1) is 5.52 Å². The zero-order valence-electron chi connectivity index (χ0n) is 16.2. The monoisotopic (exact) mass is 389 g/mol. The van der Waals surface area contributed by atoms with Crippen molar-refractivity contribution in [2.45, 2.75) is 25.7 Å². The molecule has 1 aromatic carbocycles. The molecule has 0 radical (unpaired) electrons. The summed E-state index contributed by atoms with van der Waals surface area (Å²) in [7, 11) is 0. The molecule has 1 aliphatic heterocycles. The number of aromatic nitrogens is 4. The fourth-order valence-electron chi connectivity index (χ4n) is 4.30. The third kappa shape index (κ3) is 3.24. The van der Waals surface area contributed by atoms with Gasteiger partial charge in [-0.05, 0) is 37.8 Å². The highest BCUT2D eigenvalue weighted by Gasteiger charge is 2.28. The fourth-order valence-corrected chi connectivity index (χ4v) is 4.30. The third-order valence-electron chi connectivity index (χ3n) is 5.79. The zero-order valence-corrected chi connectivity index (χ0v) is 16.2. The first-order valence-corrected chi connectivity index (χ1v) is 10.1. The average Bonchev–Trinajstić information content (AvgIpc) is 2.78. The summed E-state index contributed by atoms with van der Waals surface area (Å²) < 4.78 is 0. The van der Waals surface area contributed by atoms with Crippen LogP contribution in [0.4, 0.5) is 11.8 Å². The maximum Gasteiger partial charge on any atom is 0.273 e. The second-order valence-electron chi connectivity index (χ2n) is 7.56. The van der Waals surface area contributed by atoms with Crippen LogP contribution in [0.1, 0.15) is 34.6 Å². The summed E-state index contributed by atoms with van der Waals surface area (Å²) in [6.45, 7) is 2.68. The number of nitrogens with zero attached hydrogens (tertiary/aromatic N) is 6. The van der Waals surface area contributed by atoms with E-state index in [1.165, 1.54) is 0 Å². The number of para-hydroxylation sites is 1. The van der Waals surface area contributed by atoms with Crippen molar-refractivity contribution in [3.05, 3.63) is 47.5 Å². The van der Waals surface area contributed by atoms with Gasteiger partial charge in [-0.15, -0.1) is 0 Å². The molecule has 0 saturated carbocycles. The van der Waals surface area contributed by atoms with E-state index in [0.29, 0.717) is 18.8 Å². The second kappa shape index (κ2) is 7.27. The predicted molar refractivity (Wildman–Crippen MR) is 111 cm³/mol. The molecule has 5 rings (SSSR count). The van der Waals surface area contributed by atoms with Crippen LogP contribution in [0, 0.1) is 0 Å². The van der Waals surface area contributed by atoms with Crippen LogP contribution in [-0.4, -0.2) is 56.9 Å². The molecule has 1 fully saturated rings. The van der Waals surface area contributed by atoms with Gasteiger partial charge >= 0.3 is 0 Å². The van der Waals surface area contributed by atoms with Crippen molar-refractivity contribution in [2.24, 2.45) is 0 Å². The number of anilines is 2. The van der Waals surface area contributed by atoms with Crippen molar-refractivity contribution in [3.63, 3.8) is 0 Å². The number of nitrogens with two attached hydrogens (primary N) is 1. The molecule has 2 N–H and O–H groups in total. The minimum atomic E-state index is -0.0376. The topological polar surface area (TPSA) is 101 Å². The number of rotatable bonds is 2. The molecule has 29 heavy (non-hydrogen) atoms. The lowest BCUT2D eigenvalue weighted by atomic mass is 9.94. The van der Waals surface area contributed by atoms with Crippen molar-refractivity contribution in [2.75, 3.05) is 36.8 Å². The van der Waals surface area contributed by atoms with Gasteiger partial charge in [0.1, 0.15) is 17.8 Å². The first-order chi connectivity index (χ1) is 14.2. The van der Waals surface area contributed by atoms with Crippen LogP contribution >= 0.6 is 0 Å². The number of nitrogen functional groups attached to an aromatic ring is 1. The van der Waals surface area contributed by atoms with E-state index in [2.05, 4.69) is 24.8 Å². The van der Waals surface area contributed by atoms with E-state index in [-0.39, 0.29) is 11.9 Å².